The maximum atomic E-state index is 13.3. The van der Waals surface area contributed by atoms with Crippen LogP contribution in [-0.4, -0.2) is 54.5 Å². The van der Waals surface area contributed by atoms with Crippen LogP contribution in [0, 0.1) is 34.0 Å². The molecule has 4 bridgehead atoms. The second-order valence-corrected chi connectivity index (χ2v) is 15.4. The zero-order valence-corrected chi connectivity index (χ0v) is 28.2. The summed E-state index contributed by atoms with van der Waals surface area (Å²) in [5, 5.41) is 0. The van der Waals surface area contributed by atoms with Gasteiger partial charge < -0.3 is 18.9 Å². The van der Waals surface area contributed by atoms with Crippen LogP contribution in [0.1, 0.15) is 150 Å². The van der Waals surface area contributed by atoms with Gasteiger partial charge in [0, 0.05) is 0 Å². The molecule has 8 nitrogen and oxygen atoms in total. The average Bonchev–Trinajstić information content (AvgIpc) is 2.88. The molecule has 0 aliphatic heterocycles. The maximum Gasteiger partial charge on any atom is 0.439 e. The normalized spacial score (nSPS) is 23.9. The number of ether oxygens (including phenoxy) is 4. The maximum absolute atomic E-state index is 13.3. The molecule has 0 radical (unpaired) electrons. The first kappa shape index (κ1) is 50.1. The van der Waals surface area contributed by atoms with Crippen LogP contribution in [0.15, 0.2) is 0 Å². The van der Waals surface area contributed by atoms with Gasteiger partial charge in [-0.3, -0.25) is 14.4 Å². The summed E-state index contributed by atoms with van der Waals surface area (Å²) in [5.74, 6) is -0.990. The van der Waals surface area contributed by atoms with Crippen LogP contribution in [0.3, 0.4) is 0 Å². The molecule has 0 amide bonds. The average molecular weight is 699 g/mol. The number of alkyl halides is 3. The van der Waals surface area contributed by atoms with Crippen LogP contribution in [-0.2, 0) is 38.1 Å². The Kier molecular flexibility index (Phi) is 18.8. The van der Waals surface area contributed by atoms with E-state index in [2.05, 4.69) is 16.4 Å². The minimum absolute atomic E-state index is 0. The zero-order valence-electron chi connectivity index (χ0n) is 28.2. The van der Waals surface area contributed by atoms with Crippen LogP contribution in [0.25, 0.3) is 0 Å². The number of carbonyl (C=O) groups is 4. The molecule has 286 valence electrons. The lowest BCUT2D eigenvalue weighted by atomic mass is 9.54. The Morgan fingerprint density at radius 1 is 0.604 bits per heavy atom. The van der Waals surface area contributed by atoms with Crippen molar-refractivity contribution in [1.29, 1.82) is 0 Å². The largest absolute Gasteiger partial charge is 0.462 e. The van der Waals surface area contributed by atoms with Crippen molar-refractivity contribution >= 4 is 23.9 Å². The Morgan fingerprint density at radius 2 is 0.958 bits per heavy atom. The number of hydrogen-bond acceptors (Lipinski definition) is 8. The van der Waals surface area contributed by atoms with E-state index < -0.39 is 53.7 Å². The second-order valence-electron chi connectivity index (χ2n) is 15.4. The van der Waals surface area contributed by atoms with Crippen LogP contribution in [0.2, 0.25) is 0 Å². The quantitative estimate of drug-likeness (QED) is 0.126. The third-order valence-electron chi connectivity index (χ3n) is 9.55. The second kappa shape index (κ2) is 18.1. The molecular formula is C37H69F3O8. The van der Waals surface area contributed by atoms with Crippen molar-refractivity contribution in [2.24, 2.45) is 34.0 Å². The Labute approximate surface area is 289 Å². The van der Waals surface area contributed by atoms with E-state index in [-0.39, 0.29) is 46.7 Å². The number of esters is 4. The van der Waals surface area contributed by atoms with E-state index in [0.29, 0.717) is 13.3 Å². The van der Waals surface area contributed by atoms with E-state index in [1.165, 1.54) is 40.0 Å². The lowest BCUT2D eigenvalue weighted by molar-refractivity contribution is -0.268. The summed E-state index contributed by atoms with van der Waals surface area (Å²) in [4.78, 5) is 47.8. The fourth-order valence-corrected chi connectivity index (χ4v) is 5.94. The predicted octanol–water partition coefficient (Wildman–Crippen LogP) is 9.90. The molecule has 0 aromatic rings. The minimum Gasteiger partial charge on any atom is -0.462 e. The van der Waals surface area contributed by atoms with Gasteiger partial charge in [-0.1, -0.05) is 43.6 Å². The van der Waals surface area contributed by atoms with Gasteiger partial charge in [0.05, 0.1) is 16.2 Å². The molecule has 4 saturated carbocycles. The first-order valence-corrected chi connectivity index (χ1v) is 15.8. The van der Waals surface area contributed by atoms with Gasteiger partial charge in [-0.25, -0.2) is 4.79 Å². The van der Waals surface area contributed by atoms with Crippen molar-refractivity contribution in [3.8, 4) is 0 Å². The van der Waals surface area contributed by atoms with Crippen LogP contribution in [0.5, 0.6) is 0 Å². The summed E-state index contributed by atoms with van der Waals surface area (Å²) < 4.78 is 59.7. The third kappa shape index (κ3) is 12.2. The van der Waals surface area contributed by atoms with Crippen molar-refractivity contribution in [3.63, 3.8) is 0 Å². The first-order chi connectivity index (χ1) is 19.9. The van der Waals surface area contributed by atoms with Gasteiger partial charge in [0.15, 0.2) is 0 Å². The molecule has 0 N–H and O–H groups in total. The van der Waals surface area contributed by atoms with E-state index in [1.807, 2.05) is 13.8 Å². The predicted molar refractivity (Wildman–Crippen MR) is 184 cm³/mol. The summed E-state index contributed by atoms with van der Waals surface area (Å²) in [7, 11) is 0. The zero-order chi connectivity index (χ0) is 33.9. The molecule has 0 saturated heterocycles. The highest BCUT2D eigenvalue weighted by atomic mass is 19.4. The Hall–Kier alpha value is -2.33. The molecule has 4 aliphatic rings. The van der Waals surface area contributed by atoms with Gasteiger partial charge in [-0.05, 0) is 125 Å². The van der Waals surface area contributed by atoms with Gasteiger partial charge in [0.25, 0.3) is 5.60 Å². The summed E-state index contributed by atoms with van der Waals surface area (Å²) >= 11 is 0. The minimum atomic E-state index is -5.17. The van der Waals surface area contributed by atoms with E-state index in [4.69, 9.17) is 9.47 Å². The number of halogens is 3. The first-order valence-electron chi connectivity index (χ1n) is 15.8. The Balaban J connectivity index is -0.000000811. The molecule has 11 heteroatoms. The fraction of sp³-hybridized carbons (Fsp3) is 0.892. The highest BCUT2D eigenvalue weighted by Crippen LogP contribution is 2.57. The van der Waals surface area contributed by atoms with Crippen LogP contribution in [0.4, 0.5) is 13.2 Å². The highest BCUT2D eigenvalue weighted by molar-refractivity contribution is 5.85. The van der Waals surface area contributed by atoms with Crippen molar-refractivity contribution in [1.82, 2.24) is 0 Å². The molecule has 0 aromatic carbocycles. The molecular weight excluding hydrogens is 629 g/mol. The number of rotatable bonds is 10. The smallest absolute Gasteiger partial charge is 0.439 e. The summed E-state index contributed by atoms with van der Waals surface area (Å²) in [5.41, 5.74) is -5.84. The van der Waals surface area contributed by atoms with E-state index in [1.54, 1.807) is 20.8 Å². The van der Waals surface area contributed by atoms with Crippen molar-refractivity contribution in [3.05, 3.63) is 0 Å². The lowest BCUT2D eigenvalue weighted by Gasteiger charge is -2.56. The van der Waals surface area contributed by atoms with Crippen molar-refractivity contribution < 1.29 is 51.3 Å². The molecule has 0 heterocycles. The third-order valence-corrected chi connectivity index (χ3v) is 9.55. The van der Waals surface area contributed by atoms with Gasteiger partial charge >= 0.3 is 30.1 Å². The molecule has 0 aromatic heterocycles. The monoisotopic (exact) mass is 698 g/mol. The Bertz CT molecular complexity index is 1020. The molecule has 48 heavy (non-hydrogen) atoms. The van der Waals surface area contributed by atoms with Gasteiger partial charge in [0.2, 0.25) is 0 Å². The van der Waals surface area contributed by atoms with Gasteiger partial charge in [0.1, 0.15) is 18.8 Å². The van der Waals surface area contributed by atoms with Crippen molar-refractivity contribution in [2.75, 3.05) is 13.2 Å². The summed E-state index contributed by atoms with van der Waals surface area (Å²) in [6.45, 7) is 14.6. The topological polar surface area (TPSA) is 105 Å². The molecule has 4 aliphatic carbocycles. The SMILES string of the molecule is C.C.C.C.CCC(C)(C)C(=O)OC12CC3CC(CC(C3)C1)C2.CCC(C)(C)C(=O)OCCOC(=O)C(C)(OC(=O)C(C)(C)C)C(F)(F)F. The Morgan fingerprint density at radius 3 is 1.29 bits per heavy atom. The molecule has 0 spiro atoms. The number of hydrogen-bond donors (Lipinski definition) is 0. The van der Waals surface area contributed by atoms with Crippen LogP contribution < -0.4 is 0 Å². The van der Waals surface area contributed by atoms with Crippen LogP contribution >= 0.6 is 0 Å². The highest BCUT2D eigenvalue weighted by Gasteiger charge is 2.62. The molecule has 4 fully saturated rings. The fourth-order valence-electron chi connectivity index (χ4n) is 5.94. The van der Waals surface area contributed by atoms with Crippen molar-refractivity contribution in [2.45, 2.75) is 168 Å². The molecule has 1 atom stereocenters. The van der Waals surface area contributed by atoms with Gasteiger partial charge in [-0.15, -0.1) is 0 Å². The standard InChI is InChI=1S/C17H27F3O6.C16H26O2.4CH4/c1-8-15(5,6)12(22)24-9-10-25-13(23)16(7,17(18,19)20)26-11(21)14(2,3)4;1-4-15(2,3)14(17)18-16-8-11-5-12(9-16)7-13(6-11)10-16;;;;/h8-10H2,1-7H3;11-13H,4-10H2,1-3H3;4*1H4. The summed E-state index contributed by atoms with van der Waals surface area (Å²) in [6, 6.07) is 0. The lowest BCUT2D eigenvalue weighted by Crippen LogP contribution is -2.55. The summed E-state index contributed by atoms with van der Waals surface area (Å²) in [6.07, 6.45) is 3.81. The number of carbonyl (C=O) groups excluding carboxylic acids is 4. The molecule has 4 rings (SSSR count). The van der Waals surface area contributed by atoms with E-state index in [0.717, 1.165) is 43.4 Å². The molecule has 1 unspecified atom stereocenters. The van der Waals surface area contributed by atoms with E-state index >= 15 is 0 Å². The van der Waals surface area contributed by atoms with E-state index in [9.17, 15) is 32.3 Å². The van der Waals surface area contributed by atoms with Gasteiger partial charge in [-0.2, -0.15) is 13.2 Å².